The molecule has 3 rings (SSSR count). The summed E-state index contributed by atoms with van der Waals surface area (Å²) in [5, 5.41) is 2.72. The van der Waals surface area contributed by atoms with Crippen molar-refractivity contribution in [3.8, 4) is 11.8 Å². The van der Waals surface area contributed by atoms with Crippen LogP contribution in [0.5, 0.6) is 11.8 Å². The summed E-state index contributed by atoms with van der Waals surface area (Å²) < 4.78 is 47.2. The summed E-state index contributed by atoms with van der Waals surface area (Å²) in [5.74, 6) is -1.37. The van der Waals surface area contributed by atoms with Gasteiger partial charge in [-0.15, -0.1) is 0 Å². The summed E-state index contributed by atoms with van der Waals surface area (Å²) in [6.07, 6.45) is 3.11. The number of anilines is 1. The highest BCUT2D eigenvalue weighted by atomic mass is 32.2. The molecule has 0 unspecified atom stereocenters. The standard InChI is InChI=1S/C22H23FN4O4S/c1-14(2)20(27-32(29,30)19-8-5-4-7-17(19)23)21(28)26-18-10-9-16(13-15(18)3)31-22-24-11-6-12-25-22/h4-14,20,27H,1-3H3,(H,26,28)/t20-/m0/s1. The second-order valence-electron chi connectivity index (χ2n) is 7.37. The first-order chi connectivity index (χ1) is 15.2. The van der Waals surface area contributed by atoms with E-state index in [-0.39, 0.29) is 6.01 Å². The van der Waals surface area contributed by atoms with Crippen LogP contribution >= 0.6 is 0 Å². The summed E-state index contributed by atoms with van der Waals surface area (Å²) in [7, 11) is -4.24. The van der Waals surface area contributed by atoms with E-state index in [9.17, 15) is 17.6 Å². The summed E-state index contributed by atoms with van der Waals surface area (Å²) in [4.78, 5) is 20.4. The number of aryl methyl sites for hydroxylation is 1. The molecule has 0 bridgehead atoms. The maximum Gasteiger partial charge on any atom is 0.321 e. The maximum absolute atomic E-state index is 14.0. The van der Waals surface area contributed by atoms with E-state index in [4.69, 9.17) is 4.74 Å². The van der Waals surface area contributed by atoms with E-state index in [1.54, 1.807) is 57.4 Å². The van der Waals surface area contributed by atoms with Crippen molar-refractivity contribution in [1.29, 1.82) is 0 Å². The minimum atomic E-state index is -4.24. The maximum atomic E-state index is 14.0. The molecule has 0 saturated carbocycles. The molecule has 1 amide bonds. The van der Waals surface area contributed by atoms with Gasteiger partial charge in [-0.3, -0.25) is 4.79 Å². The fourth-order valence-electron chi connectivity index (χ4n) is 2.88. The molecule has 0 saturated heterocycles. The van der Waals surface area contributed by atoms with Gasteiger partial charge in [-0.2, -0.15) is 4.72 Å². The topological polar surface area (TPSA) is 110 Å². The molecule has 2 N–H and O–H groups in total. The van der Waals surface area contributed by atoms with Gasteiger partial charge in [-0.05, 0) is 54.8 Å². The van der Waals surface area contributed by atoms with Crippen LogP contribution in [0.4, 0.5) is 10.1 Å². The first kappa shape index (κ1) is 23.3. The van der Waals surface area contributed by atoms with Crippen LogP contribution in [-0.4, -0.2) is 30.3 Å². The molecule has 1 aromatic heterocycles. The Morgan fingerprint density at radius 3 is 2.38 bits per heavy atom. The summed E-state index contributed by atoms with van der Waals surface area (Å²) in [6.45, 7) is 5.15. The molecule has 168 valence electrons. The zero-order chi connectivity index (χ0) is 23.3. The number of hydrogen-bond donors (Lipinski definition) is 2. The van der Waals surface area contributed by atoms with Gasteiger partial charge in [0.15, 0.2) is 0 Å². The Morgan fingerprint density at radius 1 is 1.06 bits per heavy atom. The van der Waals surface area contributed by atoms with Crippen LogP contribution in [0.25, 0.3) is 0 Å². The van der Waals surface area contributed by atoms with E-state index in [1.165, 1.54) is 12.1 Å². The van der Waals surface area contributed by atoms with Gasteiger partial charge in [0.1, 0.15) is 22.5 Å². The molecule has 0 aliphatic rings. The Labute approximate surface area is 185 Å². The molecular weight excluding hydrogens is 435 g/mol. The number of ether oxygens (including phenoxy) is 1. The van der Waals surface area contributed by atoms with Crippen molar-refractivity contribution in [2.45, 2.75) is 31.7 Å². The third kappa shape index (κ3) is 5.65. The van der Waals surface area contributed by atoms with Gasteiger partial charge in [0.05, 0.1) is 0 Å². The van der Waals surface area contributed by atoms with Crippen molar-refractivity contribution in [2.75, 3.05) is 5.32 Å². The van der Waals surface area contributed by atoms with Crippen molar-refractivity contribution < 1.29 is 22.3 Å². The van der Waals surface area contributed by atoms with Crippen molar-refractivity contribution in [3.05, 3.63) is 72.3 Å². The molecule has 0 fully saturated rings. The van der Waals surface area contributed by atoms with Gasteiger partial charge in [-0.1, -0.05) is 26.0 Å². The number of rotatable bonds is 8. The summed E-state index contributed by atoms with van der Waals surface area (Å²) in [6, 6.07) is 10.7. The molecule has 8 nitrogen and oxygen atoms in total. The smallest absolute Gasteiger partial charge is 0.321 e. The second kappa shape index (κ2) is 9.84. The van der Waals surface area contributed by atoms with Crippen LogP contribution in [0.1, 0.15) is 19.4 Å². The fraction of sp³-hybridized carbons (Fsp3) is 0.227. The van der Waals surface area contributed by atoms with E-state index >= 15 is 0 Å². The van der Waals surface area contributed by atoms with Crippen LogP contribution < -0.4 is 14.8 Å². The van der Waals surface area contributed by atoms with Crippen molar-refractivity contribution in [1.82, 2.24) is 14.7 Å². The highest BCUT2D eigenvalue weighted by Gasteiger charge is 2.30. The van der Waals surface area contributed by atoms with E-state index in [0.717, 1.165) is 12.1 Å². The summed E-state index contributed by atoms with van der Waals surface area (Å²) in [5.41, 5.74) is 1.17. The normalized spacial score (nSPS) is 12.4. The van der Waals surface area contributed by atoms with E-state index in [2.05, 4.69) is 20.0 Å². The number of aromatic nitrogens is 2. The van der Waals surface area contributed by atoms with Crippen LogP contribution in [0, 0.1) is 18.7 Å². The van der Waals surface area contributed by atoms with E-state index in [0.29, 0.717) is 17.0 Å². The van der Waals surface area contributed by atoms with Gasteiger partial charge >= 0.3 is 6.01 Å². The SMILES string of the molecule is Cc1cc(Oc2ncccn2)ccc1NC(=O)[C@@H](NS(=O)(=O)c1ccccc1F)C(C)C. The number of nitrogens with zero attached hydrogens (tertiary/aromatic N) is 2. The first-order valence-corrected chi connectivity index (χ1v) is 11.3. The Bertz CT molecular complexity index is 1200. The number of sulfonamides is 1. The number of hydrogen-bond acceptors (Lipinski definition) is 6. The van der Waals surface area contributed by atoms with Crippen LogP contribution in [0.3, 0.4) is 0 Å². The average Bonchev–Trinajstić information content (AvgIpc) is 2.74. The molecule has 0 aliphatic carbocycles. The average molecular weight is 459 g/mol. The van der Waals surface area contributed by atoms with Crippen molar-refractivity contribution in [3.63, 3.8) is 0 Å². The largest absolute Gasteiger partial charge is 0.424 e. The van der Waals surface area contributed by atoms with E-state index in [1.807, 2.05) is 0 Å². The van der Waals surface area contributed by atoms with Crippen LogP contribution in [-0.2, 0) is 14.8 Å². The number of carbonyl (C=O) groups is 1. The third-order valence-electron chi connectivity index (χ3n) is 4.56. The van der Waals surface area contributed by atoms with Gasteiger partial charge in [-0.25, -0.2) is 22.8 Å². The molecule has 10 heteroatoms. The summed E-state index contributed by atoms with van der Waals surface area (Å²) >= 11 is 0. The van der Waals surface area contributed by atoms with Crippen molar-refractivity contribution in [2.24, 2.45) is 5.92 Å². The lowest BCUT2D eigenvalue weighted by atomic mass is 10.0. The highest BCUT2D eigenvalue weighted by molar-refractivity contribution is 7.89. The molecule has 0 spiro atoms. The van der Waals surface area contributed by atoms with Gasteiger partial charge < -0.3 is 10.1 Å². The lowest BCUT2D eigenvalue weighted by Gasteiger charge is -2.22. The van der Waals surface area contributed by atoms with Crippen LogP contribution in [0.2, 0.25) is 0 Å². The fourth-order valence-corrected chi connectivity index (χ4v) is 4.30. The minimum Gasteiger partial charge on any atom is -0.424 e. The predicted octanol–water partition coefficient (Wildman–Crippen LogP) is 3.66. The number of amides is 1. The molecule has 2 aromatic carbocycles. The van der Waals surface area contributed by atoms with E-state index < -0.39 is 38.6 Å². The predicted molar refractivity (Wildman–Crippen MR) is 117 cm³/mol. The highest BCUT2D eigenvalue weighted by Crippen LogP contribution is 2.25. The second-order valence-corrected chi connectivity index (χ2v) is 9.06. The molecule has 32 heavy (non-hydrogen) atoms. The first-order valence-electron chi connectivity index (χ1n) is 9.80. The minimum absolute atomic E-state index is 0.186. The molecule has 0 radical (unpaired) electrons. The number of carbonyl (C=O) groups excluding carboxylic acids is 1. The Kier molecular flexibility index (Phi) is 7.16. The lowest BCUT2D eigenvalue weighted by molar-refractivity contribution is -0.118. The molecular formula is C22H23FN4O4S. The Morgan fingerprint density at radius 2 is 1.75 bits per heavy atom. The molecule has 3 aromatic rings. The monoisotopic (exact) mass is 458 g/mol. The number of benzene rings is 2. The number of nitrogens with one attached hydrogen (secondary N) is 2. The van der Waals surface area contributed by atoms with Gasteiger partial charge in [0.25, 0.3) is 0 Å². The molecule has 0 aliphatic heterocycles. The quantitative estimate of drug-likeness (QED) is 0.533. The third-order valence-corrected chi connectivity index (χ3v) is 6.04. The Balaban J connectivity index is 1.75. The number of halogens is 1. The Hall–Kier alpha value is -3.37. The van der Waals surface area contributed by atoms with Crippen molar-refractivity contribution >= 4 is 21.6 Å². The van der Waals surface area contributed by atoms with Crippen LogP contribution in [0.15, 0.2) is 65.8 Å². The lowest BCUT2D eigenvalue weighted by Crippen LogP contribution is -2.47. The van der Waals surface area contributed by atoms with Gasteiger partial charge in [0, 0.05) is 18.1 Å². The molecule has 1 atom stereocenters. The van der Waals surface area contributed by atoms with Gasteiger partial charge in [0.2, 0.25) is 15.9 Å². The molecule has 1 heterocycles. The zero-order valence-corrected chi connectivity index (χ0v) is 18.6. The zero-order valence-electron chi connectivity index (χ0n) is 17.7.